The third kappa shape index (κ3) is 2.26. The normalized spacial score (nSPS) is 21.9. The predicted octanol–water partition coefficient (Wildman–Crippen LogP) is 1.01. The fourth-order valence-corrected chi connectivity index (χ4v) is 2.88. The number of benzene rings is 1. The minimum atomic E-state index is -0.398. The van der Waals surface area contributed by atoms with Gasteiger partial charge in [-0.1, -0.05) is 0 Å². The van der Waals surface area contributed by atoms with Crippen molar-refractivity contribution in [2.75, 3.05) is 29.1 Å². The van der Waals surface area contributed by atoms with E-state index in [2.05, 4.69) is 5.32 Å². The Labute approximate surface area is 114 Å². The summed E-state index contributed by atoms with van der Waals surface area (Å²) >= 11 is 1.49. The number of nitrogens with one attached hydrogen (secondary N) is 1. The number of ether oxygens (including phenoxy) is 1. The number of nitrogens with zero attached hydrogens (tertiary/aromatic N) is 1. The minimum Gasteiger partial charge on any atom is -0.443 e. The van der Waals surface area contributed by atoms with Crippen molar-refractivity contribution in [1.29, 1.82) is 0 Å². The number of anilines is 2. The molecule has 1 saturated heterocycles. The number of cyclic esters (lactones) is 1. The maximum atomic E-state index is 11.7. The Morgan fingerprint density at radius 1 is 1.47 bits per heavy atom. The third-order valence-corrected chi connectivity index (χ3v) is 4.12. The summed E-state index contributed by atoms with van der Waals surface area (Å²) in [6, 6.07) is 5.54. The van der Waals surface area contributed by atoms with Gasteiger partial charge in [-0.3, -0.25) is 9.69 Å². The topological polar surface area (TPSA) is 84.7 Å². The van der Waals surface area contributed by atoms with Crippen molar-refractivity contribution >= 4 is 35.1 Å². The number of hydrogen-bond donors (Lipinski definition) is 2. The first-order valence-electron chi connectivity index (χ1n) is 5.92. The van der Waals surface area contributed by atoms with E-state index in [9.17, 15) is 9.59 Å². The monoisotopic (exact) mass is 279 g/mol. The van der Waals surface area contributed by atoms with Crippen molar-refractivity contribution in [3.63, 3.8) is 0 Å². The summed E-state index contributed by atoms with van der Waals surface area (Å²) in [7, 11) is 0. The maximum Gasteiger partial charge on any atom is 0.414 e. The molecule has 3 rings (SSSR count). The van der Waals surface area contributed by atoms with Gasteiger partial charge in [-0.05, 0) is 18.2 Å². The average molecular weight is 279 g/mol. The molecule has 2 amide bonds. The van der Waals surface area contributed by atoms with Crippen molar-refractivity contribution in [3.05, 3.63) is 18.2 Å². The molecular formula is C12H13N3O3S. The molecule has 2 heterocycles. The molecule has 19 heavy (non-hydrogen) atoms. The number of hydrogen-bond acceptors (Lipinski definition) is 5. The number of rotatable bonds is 2. The molecule has 7 heteroatoms. The minimum absolute atomic E-state index is 0.0292. The summed E-state index contributed by atoms with van der Waals surface area (Å²) in [5.74, 6) is 0.395. The van der Waals surface area contributed by atoms with Gasteiger partial charge in [0.2, 0.25) is 5.91 Å². The van der Waals surface area contributed by atoms with Crippen LogP contribution in [0.25, 0.3) is 0 Å². The van der Waals surface area contributed by atoms with Crippen LogP contribution in [0.2, 0.25) is 0 Å². The van der Waals surface area contributed by atoms with Crippen LogP contribution < -0.4 is 16.0 Å². The first kappa shape index (κ1) is 12.3. The van der Waals surface area contributed by atoms with Crippen molar-refractivity contribution in [1.82, 2.24) is 0 Å². The van der Waals surface area contributed by atoms with Crippen molar-refractivity contribution < 1.29 is 14.3 Å². The standard InChI is InChI=1S/C12H13N3O3S/c13-4-8-5-15(12(17)18-8)7-1-2-10-9(3-7)14-11(16)6-19-10/h1-3,8H,4-6,13H2,(H,14,16). The van der Waals surface area contributed by atoms with Crippen LogP contribution in [0.5, 0.6) is 0 Å². The highest BCUT2D eigenvalue weighted by atomic mass is 32.2. The number of nitrogens with two attached hydrogens (primary N) is 1. The molecular weight excluding hydrogens is 266 g/mol. The molecule has 2 aliphatic heterocycles. The number of fused-ring (bicyclic) bond motifs is 1. The summed E-state index contributed by atoms with van der Waals surface area (Å²) < 4.78 is 5.11. The van der Waals surface area contributed by atoms with Gasteiger partial charge >= 0.3 is 6.09 Å². The van der Waals surface area contributed by atoms with Gasteiger partial charge in [0.25, 0.3) is 0 Å². The summed E-state index contributed by atoms with van der Waals surface area (Å²) in [5.41, 5.74) is 6.95. The van der Waals surface area contributed by atoms with Crippen LogP contribution in [0.1, 0.15) is 0 Å². The van der Waals surface area contributed by atoms with Gasteiger partial charge in [-0.2, -0.15) is 0 Å². The molecule has 0 aromatic heterocycles. The highest BCUT2D eigenvalue weighted by molar-refractivity contribution is 8.00. The summed E-state index contributed by atoms with van der Waals surface area (Å²) in [5, 5.41) is 2.80. The lowest BCUT2D eigenvalue weighted by atomic mass is 10.2. The fourth-order valence-electron chi connectivity index (χ4n) is 2.09. The lowest BCUT2D eigenvalue weighted by molar-refractivity contribution is -0.113. The second-order valence-electron chi connectivity index (χ2n) is 4.37. The number of carbonyl (C=O) groups is 2. The Bertz CT molecular complexity index is 549. The molecule has 0 bridgehead atoms. The molecule has 2 aliphatic rings. The van der Waals surface area contributed by atoms with Crippen LogP contribution in [0.15, 0.2) is 23.1 Å². The zero-order chi connectivity index (χ0) is 13.4. The van der Waals surface area contributed by atoms with E-state index in [0.29, 0.717) is 24.5 Å². The van der Waals surface area contributed by atoms with Gasteiger partial charge in [-0.25, -0.2) is 4.79 Å². The third-order valence-electron chi connectivity index (χ3n) is 3.04. The van der Waals surface area contributed by atoms with Crippen LogP contribution in [0.4, 0.5) is 16.2 Å². The number of carbonyl (C=O) groups excluding carboxylic acids is 2. The number of thioether (sulfide) groups is 1. The molecule has 1 unspecified atom stereocenters. The van der Waals surface area contributed by atoms with E-state index in [1.165, 1.54) is 16.7 Å². The highest BCUT2D eigenvalue weighted by Crippen LogP contribution is 2.35. The van der Waals surface area contributed by atoms with Crippen molar-refractivity contribution in [2.45, 2.75) is 11.0 Å². The summed E-state index contributed by atoms with van der Waals surface area (Å²) in [6.45, 7) is 0.745. The summed E-state index contributed by atoms with van der Waals surface area (Å²) in [6.07, 6.45) is -0.669. The lowest BCUT2D eigenvalue weighted by Crippen LogP contribution is -2.27. The molecule has 6 nitrogen and oxygen atoms in total. The molecule has 1 aromatic rings. The quantitative estimate of drug-likeness (QED) is 0.844. The van der Waals surface area contributed by atoms with Crippen LogP contribution in [0.3, 0.4) is 0 Å². The highest BCUT2D eigenvalue weighted by Gasteiger charge is 2.32. The van der Waals surface area contributed by atoms with Crippen LogP contribution in [0, 0.1) is 0 Å². The summed E-state index contributed by atoms with van der Waals surface area (Å²) in [4.78, 5) is 25.6. The van der Waals surface area contributed by atoms with Gasteiger partial charge in [0.05, 0.1) is 18.0 Å². The molecule has 3 N–H and O–H groups in total. The zero-order valence-corrected chi connectivity index (χ0v) is 10.9. The Hall–Kier alpha value is -1.73. The molecule has 0 spiro atoms. The molecule has 0 radical (unpaired) electrons. The fraction of sp³-hybridized carbons (Fsp3) is 0.333. The van der Waals surface area contributed by atoms with Gasteiger partial charge in [0, 0.05) is 17.1 Å². The van der Waals surface area contributed by atoms with Crippen LogP contribution in [-0.2, 0) is 9.53 Å². The average Bonchev–Trinajstić information content (AvgIpc) is 2.79. The first-order valence-corrected chi connectivity index (χ1v) is 6.91. The van der Waals surface area contributed by atoms with Gasteiger partial charge in [0.1, 0.15) is 6.10 Å². The van der Waals surface area contributed by atoms with Gasteiger partial charge in [0.15, 0.2) is 0 Å². The first-order chi connectivity index (χ1) is 9.17. The van der Waals surface area contributed by atoms with Crippen molar-refractivity contribution in [3.8, 4) is 0 Å². The van der Waals surface area contributed by atoms with E-state index in [1.807, 2.05) is 12.1 Å². The van der Waals surface area contributed by atoms with Crippen LogP contribution in [-0.4, -0.2) is 36.9 Å². The van der Waals surface area contributed by atoms with E-state index in [0.717, 1.165) is 10.6 Å². The van der Waals surface area contributed by atoms with Crippen LogP contribution >= 0.6 is 11.8 Å². The van der Waals surface area contributed by atoms with E-state index < -0.39 is 6.09 Å². The molecule has 1 fully saturated rings. The Kier molecular flexibility index (Phi) is 3.08. The predicted molar refractivity (Wildman–Crippen MR) is 72.5 cm³/mol. The Morgan fingerprint density at radius 3 is 3.05 bits per heavy atom. The van der Waals surface area contributed by atoms with Gasteiger partial charge < -0.3 is 15.8 Å². The molecule has 0 aliphatic carbocycles. The van der Waals surface area contributed by atoms with Gasteiger partial charge in [-0.15, -0.1) is 11.8 Å². The molecule has 0 saturated carbocycles. The molecule has 1 atom stereocenters. The second-order valence-corrected chi connectivity index (χ2v) is 5.39. The largest absolute Gasteiger partial charge is 0.443 e. The van der Waals surface area contributed by atoms with Crippen molar-refractivity contribution in [2.24, 2.45) is 5.73 Å². The second kappa shape index (κ2) is 4.75. The number of amides is 2. The molecule has 100 valence electrons. The van der Waals surface area contributed by atoms with E-state index >= 15 is 0 Å². The van der Waals surface area contributed by atoms with E-state index in [4.69, 9.17) is 10.5 Å². The SMILES string of the molecule is NCC1CN(c2ccc3c(c2)NC(=O)CS3)C(=O)O1. The smallest absolute Gasteiger partial charge is 0.414 e. The maximum absolute atomic E-state index is 11.7. The zero-order valence-electron chi connectivity index (χ0n) is 10.1. The van der Waals surface area contributed by atoms with E-state index in [1.54, 1.807) is 6.07 Å². The lowest BCUT2D eigenvalue weighted by Gasteiger charge is -2.19. The molecule has 1 aromatic carbocycles. The Balaban J connectivity index is 1.88. The van der Waals surface area contributed by atoms with E-state index in [-0.39, 0.29) is 12.0 Å². The Morgan fingerprint density at radius 2 is 2.32 bits per heavy atom.